The Labute approximate surface area is 145 Å². The number of rotatable bonds is 6. The second kappa shape index (κ2) is 7.94. The Morgan fingerprint density at radius 2 is 1.79 bits per heavy atom. The molecule has 2 aromatic carbocycles. The zero-order valence-electron chi connectivity index (χ0n) is 12.9. The van der Waals surface area contributed by atoms with Crippen molar-refractivity contribution in [3.8, 4) is 0 Å². The number of hydrogen-bond acceptors (Lipinski definition) is 4. The van der Waals surface area contributed by atoms with Gasteiger partial charge >= 0.3 is 0 Å². The maximum Gasteiger partial charge on any atom is 0.260 e. The van der Waals surface area contributed by atoms with Gasteiger partial charge in [-0.2, -0.15) is 5.10 Å². The minimum absolute atomic E-state index is 0.372. The smallest absolute Gasteiger partial charge is 0.260 e. The first-order chi connectivity index (χ1) is 11.4. The highest BCUT2D eigenvalue weighted by Gasteiger charge is 2.20. The highest BCUT2D eigenvalue weighted by atomic mass is 35.5. The van der Waals surface area contributed by atoms with Gasteiger partial charge in [-0.1, -0.05) is 48.0 Å². The third-order valence-corrected chi connectivity index (χ3v) is 4.51. The molecule has 6 nitrogen and oxygen atoms in total. The van der Waals surface area contributed by atoms with Gasteiger partial charge in [0.1, 0.15) is 6.54 Å². The highest BCUT2D eigenvalue weighted by molar-refractivity contribution is 7.92. The number of para-hydroxylation sites is 1. The fraction of sp³-hybridized carbons (Fsp3) is 0.125. The summed E-state index contributed by atoms with van der Waals surface area (Å²) in [5, 5.41) is 4.30. The number of hydrazone groups is 1. The lowest BCUT2D eigenvalue weighted by Crippen LogP contribution is -2.38. The van der Waals surface area contributed by atoms with Gasteiger partial charge < -0.3 is 0 Å². The maximum absolute atomic E-state index is 12.0. The van der Waals surface area contributed by atoms with E-state index in [0.29, 0.717) is 16.3 Å². The third-order valence-electron chi connectivity index (χ3n) is 3.03. The van der Waals surface area contributed by atoms with Gasteiger partial charge in [-0.25, -0.2) is 13.8 Å². The van der Waals surface area contributed by atoms with Crippen LogP contribution >= 0.6 is 11.6 Å². The first-order valence-corrected chi connectivity index (χ1v) is 9.20. The topological polar surface area (TPSA) is 78.8 Å². The fourth-order valence-electron chi connectivity index (χ4n) is 1.91. The van der Waals surface area contributed by atoms with Crippen molar-refractivity contribution >= 4 is 39.4 Å². The van der Waals surface area contributed by atoms with E-state index in [1.807, 2.05) is 0 Å². The molecule has 0 spiro atoms. The Morgan fingerprint density at radius 1 is 1.17 bits per heavy atom. The summed E-state index contributed by atoms with van der Waals surface area (Å²) in [5.74, 6) is -0.562. The molecule has 0 atom stereocenters. The van der Waals surface area contributed by atoms with Gasteiger partial charge in [0.25, 0.3) is 5.91 Å². The second-order valence-corrected chi connectivity index (χ2v) is 7.23. The molecule has 0 aliphatic rings. The fourth-order valence-corrected chi connectivity index (χ4v) is 2.95. The second-order valence-electron chi connectivity index (χ2n) is 4.92. The van der Waals surface area contributed by atoms with E-state index in [9.17, 15) is 13.2 Å². The molecule has 0 unspecified atom stereocenters. The molecule has 0 aliphatic carbocycles. The predicted molar refractivity (Wildman–Crippen MR) is 95.8 cm³/mol. The summed E-state index contributed by atoms with van der Waals surface area (Å²) in [4.78, 5) is 12.0. The number of hydrogen-bond donors (Lipinski definition) is 1. The number of carbonyl (C=O) groups excluding carboxylic acids is 1. The van der Waals surface area contributed by atoms with E-state index in [2.05, 4.69) is 10.5 Å². The lowest BCUT2D eigenvalue weighted by Gasteiger charge is -2.21. The molecular weight excluding hydrogens is 350 g/mol. The lowest BCUT2D eigenvalue weighted by atomic mass is 10.2. The summed E-state index contributed by atoms with van der Waals surface area (Å²) in [5.41, 5.74) is 3.35. The Kier molecular flexibility index (Phi) is 5.94. The number of benzene rings is 2. The quantitative estimate of drug-likeness (QED) is 0.630. The van der Waals surface area contributed by atoms with Crippen molar-refractivity contribution in [2.45, 2.75) is 0 Å². The maximum atomic E-state index is 12.0. The summed E-state index contributed by atoms with van der Waals surface area (Å²) in [6, 6.07) is 15.4. The molecule has 8 heteroatoms. The first kappa shape index (κ1) is 18.0. The van der Waals surface area contributed by atoms with E-state index in [4.69, 9.17) is 11.6 Å². The molecule has 126 valence electrons. The van der Waals surface area contributed by atoms with Crippen LogP contribution in [0.15, 0.2) is 59.7 Å². The van der Waals surface area contributed by atoms with Crippen molar-refractivity contribution < 1.29 is 13.2 Å². The van der Waals surface area contributed by atoms with Crippen LogP contribution < -0.4 is 9.73 Å². The molecule has 0 bridgehead atoms. The van der Waals surface area contributed by atoms with Crippen molar-refractivity contribution in [2.75, 3.05) is 17.1 Å². The van der Waals surface area contributed by atoms with Crippen LogP contribution in [0, 0.1) is 0 Å². The molecule has 0 heterocycles. The largest absolute Gasteiger partial charge is 0.271 e. The molecule has 1 N–H and O–H groups in total. The molecule has 0 radical (unpaired) electrons. The van der Waals surface area contributed by atoms with Crippen molar-refractivity contribution in [1.29, 1.82) is 0 Å². The van der Waals surface area contributed by atoms with Crippen molar-refractivity contribution in [3.05, 3.63) is 65.2 Å². The Morgan fingerprint density at radius 3 is 2.42 bits per heavy atom. The average molecular weight is 366 g/mol. The number of nitrogens with zero attached hydrogens (tertiary/aromatic N) is 2. The molecule has 2 aromatic rings. The molecule has 0 saturated carbocycles. The first-order valence-electron chi connectivity index (χ1n) is 6.97. The average Bonchev–Trinajstić information content (AvgIpc) is 2.54. The van der Waals surface area contributed by atoms with Crippen LogP contribution in [0.1, 0.15) is 5.56 Å². The minimum Gasteiger partial charge on any atom is -0.271 e. The van der Waals surface area contributed by atoms with E-state index in [-0.39, 0.29) is 6.54 Å². The normalized spacial score (nSPS) is 11.4. The van der Waals surface area contributed by atoms with Gasteiger partial charge in [0.2, 0.25) is 10.0 Å². The number of amides is 1. The molecule has 2 rings (SSSR count). The van der Waals surface area contributed by atoms with Gasteiger partial charge in [0.15, 0.2) is 0 Å². The van der Waals surface area contributed by atoms with E-state index in [0.717, 1.165) is 10.6 Å². The molecule has 0 aromatic heterocycles. The third kappa shape index (κ3) is 5.07. The number of anilines is 1. The lowest BCUT2D eigenvalue weighted by molar-refractivity contribution is -0.119. The highest BCUT2D eigenvalue weighted by Crippen LogP contribution is 2.16. The number of nitrogens with one attached hydrogen (secondary N) is 1. The summed E-state index contributed by atoms with van der Waals surface area (Å²) >= 11 is 5.97. The van der Waals surface area contributed by atoms with Crippen LogP contribution in [0.25, 0.3) is 0 Å². The Hall–Kier alpha value is -2.38. The van der Waals surface area contributed by atoms with Gasteiger partial charge in [-0.15, -0.1) is 0 Å². The van der Waals surface area contributed by atoms with E-state index >= 15 is 0 Å². The molecule has 0 aliphatic heterocycles. The van der Waals surface area contributed by atoms with Crippen LogP contribution in [0.2, 0.25) is 5.02 Å². The van der Waals surface area contributed by atoms with Crippen molar-refractivity contribution in [3.63, 3.8) is 0 Å². The molecule has 0 saturated heterocycles. The van der Waals surface area contributed by atoms with Crippen LogP contribution in [0.4, 0.5) is 5.69 Å². The summed E-state index contributed by atoms with van der Waals surface area (Å²) < 4.78 is 24.8. The Bertz CT molecular complexity index is 839. The van der Waals surface area contributed by atoms with Gasteiger partial charge in [-0.3, -0.25) is 9.10 Å². The van der Waals surface area contributed by atoms with Crippen LogP contribution in [-0.4, -0.2) is 33.3 Å². The molecule has 0 fully saturated rings. The van der Waals surface area contributed by atoms with Gasteiger partial charge in [-0.05, 0) is 18.2 Å². The zero-order valence-corrected chi connectivity index (χ0v) is 14.5. The predicted octanol–water partition coefficient (Wildman–Crippen LogP) is 2.26. The Balaban J connectivity index is 2.05. The van der Waals surface area contributed by atoms with E-state index in [1.54, 1.807) is 54.6 Å². The summed E-state index contributed by atoms with van der Waals surface area (Å²) in [6.45, 7) is -0.372. The van der Waals surface area contributed by atoms with Crippen molar-refractivity contribution in [1.82, 2.24) is 5.43 Å². The standard InChI is InChI=1S/C16H16ClN3O3S/c1-24(22,23)20(14-8-3-2-4-9-14)12-16(21)19-18-11-13-7-5-6-10-15(13)17/h2-11H,12H2,1H3,(H,19,21)/b18-11+. The molecule has 24 heavy (non-hydrogen) atoms. The van der Waals surface area contributed by atoms with E-state index in [1.165, 1.54) is 6.21 Å². The van der Waals surface area contributed by atoms with Gasteiger partial charge in [0, 0.05) is 10.6 Å². The zero-order chi connectivity index (χ0) is 17.6. The molecular formula is C16H16ClN3O3S. The van der Waals surface area contributed by atoms with Crippen LogP contribution in [0.3, 0.4) is 0 Å². The number of carbonyl (C=O) groups is 1. The SMILES string of the molecule is CS(=O)(=O)N(CC(=O)N/N=C/c1ccccc1Cl)c1ccccc1. The molecule has 1 amide bonds. The van der Waals surface area contributed by atoms with E-state index < -0.39 is 15.9 Å². The van der Waals surface area contributed by atoms with Crippen molar-refractivity contribution in [2.24, 2.45) is 5.10 Å². The van der Waals surface area contributed by atoms with Crippen LogP contribution in [-0.2, 0) is 14.8 Å². The van der Waals surface area contributed by atoms with Crippen LogP contribution in [0.5, 0.6) is 0 Å². The number of sulfonamides is 1. The van der Waals surface area contributed by atoms with Gasteiger partial charge in [0.05, 0.1) is 18.2 Å². The summed E-state index contributed by atoms with van der Waals surface area (Å²) in [7, 11) is -3.60. The number of halogens is 1. The monoisotopic (exact) mass is 365 g/mol. The minimum atomic E-state index is -3.60. The summed E-state index contributed by atoms with van der Waals surface area (Å²) in [6.07, 6.45) is 2.44.